The average Bonchev–Trinajstić information content (AvgIpc) is 2.83. The number of ether oxygens (including phenoxy) is 1. The zero-order valence-electron chi connectivity index (χ0n) is 13.2. The quantitative estimate of drug-likeness (QED) is 0.526. The van der Waals surface area contributed by atoms with Gasteiger partial charge < -0.3 is 14.6 Å². The lowest BCUT2D eigenvalue weighted by molar-refractivity contribution is -0.310. The van der Waals surface area contributed by atoms with Crippen LogP contribution in [0.5, 0.6) is 5.75 Å². The molecule has 1 aliphatic rings. The summed E-state index contributed by atoms with van der Waals surface area (Å²) in [7, 11) is 1.55. The second-order valence-electron chi connectivity index (χ2n) is 4.91. The Kier molecular flexibility index (Phi) is 6.70. The number of nitrogens with zero attached hydrogens (tertiary/aromatic N) is 1. The van der Waals surface area contributed by atoms with Crippen molar-refractivity contribution in [1.29, 1.82) is 0 Å². The third-order valence-electron chi connectivity index (χ3n) is 3.43. The van der Waals surface area contributed by atoms with E-state index >= 15 is 0 Å². The molecular weight excluding hydrogens is 366 g/mol. The number of carboxylic acids is 1. The third-order valence-corrected chi connectivity index (χ3v) is 5.40. The van der Waals surface area contributed by atoms with Gasteiger partial charge in [-0.2, -0.15) is 11.8 Å². The van der Waals surface area contributed by atoms with Crippen molar-refractivity contribution in [2.75, 3.05) is 19.1 Å². The summed E-state index contributed by atoms with van der Waals surface area (Å²) in [6, 6.07) is 6.21. The van der Waals surface area contributed by atoms with Gasteiger partial charge in [0.05, 0.1) is 24.0 Å². The van der Waals surface area contributed by atoms with E-state index in [2.05, 4.69) is 0 Å². The van der Waals surface area contributed by atoms with Gasteiger partial charge in [0.25, 0.3) is 5.91 Å². The van der Waals surface area contributed by atoms with Gasteiger partial charge in [-0.15, -0.1) is 0 Å². The molecular formula is C16H16NO4S3-. The molecule has 0 saturated carbocycles. The summed E-state index contributed by atoms with van der Waals surface area (Å²) in [5.74, 6) is -0.479. The summed E-state index contributed by atoms with van der Waals surface area (Å²) < 4.78 is 5.50. The molecule has 24 heavy (non-hydrogen) atoms. The van der Waals surface area contributed by atoms with E-state index in [9.17, 15) is 14.7 Å². The minimum absolute atomic E-state index is 0.233. The average molecular weight is 383 g/mol. The van der Waals surface area contributed by atoms with E-state index in [0.29, 0.717) is 16.4 Å². The number of rotatable bonds is 7. The standard InChI is InChI=1S/C16H17NO4S3/c1-21-12-6-4-3-5-10(12)9-13-14(18)17(16(22)24-13)11(15(19)20)7-8-23-2/h3-6,9,11H,7-8H2,1-2H3,(H,19,20)/p-1. The van der Waals surface area contributed by atoms with Gasteiger partial charge >= 0.3 is 0 Å². The Hall–Kier alpha value is -1.51. The molecule has 1 aromatic rings. The van der Waals surface area contributed by atoms with Crippen molar-refractivity contribution in [2.45, 2.75) is 12.5 Å². The summed E-state index contributed by atoms with van der Waals surface area (Å²) >= 11 is 7.81. The van der Waals surface area contributed by atoms with Gasteiger partial charge in [0, 0.05) is 5.56 Å². The van der Waals surface area contributed by atoms with Crippen LogP contribution < -0.4 is 9.84 Å². The number of benzene rings is 1. The summed E-state index contributed by atoms with van der Waals surface area (Å²) in [5, 5.41) is 11.4. The number of para-hydroxylation sites is 1. The summed E-state index contributed by atoms with van der Waals surface area (Å²) in [5.41, 5.74) is 0.731. The zero-order valence-corrected chi connectivity index (χ0v) is 15.6. The van der Waals surface area contributed by atoms with Gasteiger partial charge in [0.1, 0.15) is 10.1 Å². The van der Waals surface area contributed by atoms with Gasteiger partial charge in [-0.3, -0.25) is 9.69 Å². The highest BCUT2D eigenvalue weighted by atomic mass is 32.2. The molecule has 1 fully saturated rings. The topological polar surface area (TPSA) is 69.7 Å². The number of thiocarbonyl (C=S) groups is 1. The lowest BCUT2D eigenvalue weighted by atomic mass is 10.1. The maximum Gasteiger partial charge on any atom is 0.266 e. The third kappa shape index (κ3) is 4.12. The largest absolute Gasteiger partial charge is 0.548 e. The van der Waals surface area contributed by atoms with E-state index in [1.807, 2.05) is 24.5 Å². The second-order valence-corrected chi connectivity index (χ2v) is 7.57. The van der Waals surface area contributed by atoms with Gasteiger partial charge in [0.15, 0.2) is 0 Å². The smallest absolute Gasteiger partial charge is 0.266 e. The highest BCUT2D eigenvalue weighted by Crippen LogP contribution is 2.36. The molecule has 1 amide bonds. The van der Waals surface area contributed by atoms with Crippen LogP contribution in [-0.4, -0.2) is 46.3 Å². The molecule has 0 N–H and O–H groups in total. The van der Waals surface area contributed by atoms with Crippen molar-refractivity contribution in [3.63, 3.8) is 0 Å². The molecule has 1 unspecified atom stereocenters. The first-order chi connectivity index (χ1) is 11.5. The number of carboxylic acid groups (broad SMARTS) is 1. The van der Waals surface area contributed by atoms with Gasteiger partial charge in [-0.1, -0.05) is 42.2 Å². The number of amides is 1. The molecule has 0 radical (unpaired) electrons. The summed E-state index contributed by atoms with van der Waals surface area (Å²) in [6.45, 7) is 0. The van der Waals surface area contributed by atoms with Crippen molar-refractivity contribution in [3.8, 4) is 5.75 Å². The van der Waals surface area contributed by atoms with Crippen LogP contribution in [0.4, 0.5) is 0 Å². The van der Waals surface area contributed by atoms with Crippen LogP contribution in [0.1, 0.15) is 12.0 Å². The normalized spacial score (nSPS) is 17.4. The fraction of sp³-hybridized carbons (Fsp3) is 0.312. The Labute approximate surface area is 154 Å². The van der Waals surface area contributed by atoms with Crippen molar-refractivity contribution in [3.05, 3.63) is 34.7 Å². The SMILES string of the molecule is COc1ccccc1C=C1SC(=S)N(C(CCSC)C(=O)[O-])C1=O. The van der Waals surface area contributed by atoms with Crippen molar-refractivity contribution >= 4 is 58.0 Å². The molecule has 0 aromatic heterocycles. The number of thioether (sulfide) groups is 2. The molecule has 128 valence electrons. The van der Waals surface area contributed by atoms with E-state index in [0.717, 1.165) is 22.2 Å². The molecule has 0 bridgehead atoms. The molecule has 1 saturated heterocycles. The van der Waals surface area contributed by atoms with E-state index in [1.54, 1.807) is 19.3 Å². The highest BCUT2D eigenvalue weighted by Gasteiger charge is 2.37. The molecule has 0 spiro atoms. The fourth-order valence-corrected chi connectivity index (χ4v) is 4.06. The number of hydrogen-bond donors (Lipinski definition) is 0. The lowest BCUT2D eigenvalue weighted by Crippen LogP contribution is -2.50. The molecule has 5 nitrogen and oxygen atoms in total. The Morgan fingerprint density at radius 1 is 1.50 bits per heavy atom. The monoisotopic (exact) mass is 382 g/mol. The fourth-order valence-electron chi connectivity index (χ4n) is 2.26. The molecule has 1 heterocycles. The van der Waals surface area contributed by atoms with Crippen LogP contribution in [0.15, 0.2) is 29.2 Å². The summed E-state index contributed by atoms with van der Waals surface area (Å²) in [6.07, 6.45) is 3.83. The van der Waals surface area contributed by atoms with Crippen LogP contribution in [0.3, 0.4) is 0 Å². The van der Waals surface area contributed by atoms with Gasteiger partial charge in [-0.25, -0.2) is 0 Å². The Morgan fingerprint density at radius 2 is 2.21 bits per heavy atom. The molecule has 0 aliphatic carbocycles. The number of carbonyl (C=O) groups excluding carboxylic acids is 2. The maximum absolute atomic E-state index is 12.6. The maximum atomic E-state index is 12.6. The summed E-state index contributed by atoms with van der Waals surface area (Å²) in [4.78, 5) is 25.6. The first-order valence-corrected chi connectivity index (χ1v) is 9.71. The molecule has 1 aliphatic heterocycles. The lowest BCUT2D eigenvalue weighted by Gasteiger charge is -2.27. The molecule has 8 heteroatoms. The molecule has 1 aromatic carbocycles. The Morgan fingerprint density at radius 3 is 2.83 bits per heavy atom. The second kappa shape index (κ2) is 8.55. The van der Waals surface area contributed by atoms with E-state index in [1.165, 1.54) is 11.8 Å². The van der Waals surface area contributed by atoms with Gasteiger partial charge in [0.2, 0.25) is 0 Å². The van der Waals surface area contributed by atoms with Crippen LogP contribution in [0.25, 0.3) is 6.08 Å². The Balaban J connectivity index is 2.30. The predicted octanol–water partition coefficient (Wildman–Crippen LogP) is 1.77. The first-order valence-electron chi connectivity index (χ1n) is 7.09. The molecule has 2 rings (SSSR count). The first kappa shape index (κ1) is 18.8. The van der Waals surface area contributed by atoms with E-state index in [-0.39, 0.29) is 10.7 Å². The minimum atomic E-state index is -1.29. The van der Waals surface area contributed by atoms with Crippen LogP contribution in [-0.2, 0) is 9.59 Å². The number of aliphatic carboxylic acids is 1. The van der Waals surface area contributed by atoms with Crippen molar-refractivity contribution in [2.24, 2.45) is 0 Å². The predicted molar refractivity (Wildman–Crippen MR) is 99.8 cm³/mol. The van der Waals surface area contributed by atoms with E-state index < -0.39 is 17.9 Å². The van der Waals surface area contributed by atoms with Crippen LogP contribution >= 0.6 is 35.7 Å². The number of hydrogen-bond acceptors (Lipinski definition) is 7. The van der Waals surface area contributed by atoms with Crippen LogP contribution in [0.2, 0.25) is 0 Å². The van der Waals surface area contributed by atoms with E-state index in [4.69, 9.17) is 17.0 Å². The Bertz CT molecular complexity index is 690. The van der Waals surface area contributed by atoms with Crippen LogP contribution in [0, 0.1) is 0 Å². The zero-order chi connectivity index (χ0) is 17.7. The highest BCUT2D eigenvalue weighted by molar-refractivity contribution is 8.26. The number of methoxy groups -OCH3 is 1. The number of carbonyl (C=O) groups is 2. The minimum Gasteiger partial charge on any atom is -0.548 e. The van der Waals surface area contributed by atoms with Gasteiger partial charge in [-0.05, 0) is 30.6 Å². The molecule has 1 atom stereocenters. The van der Waals surface area contributed by atoms with Crippen molar-refractivity contribution in [1.82, 2.24) is 4.90 Å². The van der Waals surface area contributed by atoms with Crippen molar-refractivity contribution < 1.29 is 19.4 Å².